The Morgan fingerprint density at radius 3 is 2.76 bits per heavy atom. The lowest BCUT2D eigenvalue weighted by Crippen LogP contribution is -2.35. The Labute approximate surface area is 125 Å². The number of hydrogen-bond acceptors (Lipinski definition) is 4. The van der Waals surface area contributed by atoms with Gasteiger partial charge in [-0.1, -0.05) is 12.1 Å². The van der Waals surface area contributed by atoms with Crippen LogP contribution in [0.25, 0.3) is 10.6 Å². The van der Waals surface area contributed by atoms with Crippen molar-refractivity contribution in [1.82, 2.24) is 9.88 Å². The lowest BCUT2D eigenvalue weighted by atomic mass is 10.1. The highest BCUT2D eigenvalue weighted by Crippen LogP contribution is 2.33. The molecule has 0 radical (unpaired) electrons. The van der Waals surface area contributed by atoms with Gasteiger partial charge < -0.3 is 10.0 Å². The number of amides is 1. The van der Waals surface area contributed by atoms with E-state index in [9.17, 15) is 14.3 Å². The van der Waals surface area contributed by atoms with Crippen LogP contribution >= 0.6 is 11.3 Å². The molecular formula is C15H15FN2O2S. The summed E-state index contributed by atoms with van der Waals surface area (Å²) in [7, 11) is 0. The van der Waals surface area contributed by atoms with Gasteiger partial charge in [0.05, 0.1) is 0 Å². The molecule has 1 aromatic heterocycles. The summed E-state index contributed by atoms with van der Waals surface area (Å²) < 4.78 is 13.2. The van der Waals surface area contributed by atoms with Gasteiger partial charge in [-0.25, -0.2) is 9.37 Å². The van der Waals surface area contributed by atoms with Gasteiger partial charge in [-0.3, -0.25) is 4.79 Å². The van der Waals surface area contributed by atoms with Gasteiger partial charge >= 0.3 is 0 Å². The Bertz CT molecular complexity index is 665. The third kappa shape index (κ3) is 2.90. The second kappa shape index (κ2) is 5.81. The topological polar surface area (TPSA) is 53.4 Å². The molecule has 6 heteroatoms. The van der Waals surface area contributed by atoms with E-state index in [1.54, 1.807) is 17.0 Å². The van der Waals surface area contributed by atoms with Crippen molar-refractivity contribution in [2.24, 2.45) is 0 Å². The first-order valence-corrected chi connectivity index (χ1v) is 7.72. The van der Waals surface area contributed by atoms with Crippen molar-refractivity contribution in [3.8, 4) is 16.5 Å². The van der Waals surface area contributed by atoms with Crippen molar-refractivity contribution < 1.29 is 14.3 Å². The van der Waals surface area contributed by atoms with Crippen molar-refractivity contribution in [1.29, 1.82) is 0 Å². The van der Waals surface area contributed by atoms with Crippen LogP contribution in [0.2, 0.25) is 0 Å². The normalized spacial score (nSPS) is 15.2. The zero-order valence-corrected chi connectivity index (χ0v) is 12.2. The molecule has 0 atom stereocenters. The molecular weight excluding hydrogens is 291 g/mol. The van der Waals surface area contributed by atoms with Gasteiger partial charge in [0.25, 0.3) is 5.91 Å². The third-order valence-corrected chi connectivity index (χ3v) is 4.60. The summed E-state index contributed by atoms with van der Waals surface area (Å²) >= 11 is 1.10. The van der Waals surface area contributed by atoms with E-state index in [1.807, 2.05) is 0 Å². The Balaban J connectivity index is 1.89. The van der Waals surface area contributed by atoms with Crippen LogP contribution in [0.3, 0.4) is 0 Å². The molecule has 1 fully saturated rings. The molecule has 1 amide bonds. The highest BCUT2D eigenvalue weighted by Gasteiger charge is 2.24. The molecule has 1 aliphatic heterocycles. The highest BCUT2D eigenvalue weighted by atomic mass is 32.1. The van der Waals surface area contributed by atoms with Crippen LogP contribution in [0.5, 0.6) is 5.88 Å². The molecule has 0 bridgehead atoms. The molecule has 1 saturated heterocycles. The first-order chi connectivity index (χ1) is 10.1. The predicted molar refractivity (Wildman–Crippen MR) is 78.9 cm³/mol. The molecule has 0 aliphatic carbocycles. The number of benzene rings is 1. The van der Waals surface area contributed by atoms with Crippen LogP contribution in [0, 0.1) is 5.82 Å². The van der Waals surface area contributed by atoms with Crippen molar-refractivity contribution in [3.63, 3.8) is 0 Å². The van der Waals surface area contributed by atoms with Crippen LogP contribution in [-0.2, 0) is 0 Å². The number of carbonyl (C=O) groups excluding carboxylic acids is 1. The molecule has 0 spiro atoms. The number of likely N-dealkylation sites (tertiary alicyclic amines) is 1. The minimum Gasteiger partial charge on any atom is -0.492 e. The number of rotatable bonds is 2. The number of aromatic nitrogens is 1. The second-order valence-electron chi connectivity index (χ2n) is 5.03. The largest absolute Gasteiger partial charge is 0.492 e. The van der Waals surface area contributed by atoms with Crippen LogP contribution in [-0.4, -0.2) is 34.0 Å². The van der Waals surface area contributed by atoms with Gasteiger partial charge in [0.1, 0.15) is 10.8 Å². The average molecular weight is 306 g/mol. The number of thiazole rings is 1. The fourth-order valence-electron chi connectivity index (χ4n) is 2.44. The molecule has 0 unspecified atom stereocenters. The lowest BCUT2D eigenvalue weighted by molar-refractivity contribution is 0.0726. The van der Waals surface area contributed by atoms with Gasteiger partial charge in [-0.05, 0) is 31.4 Å². The lowest BCUT2D eigenvalue weighted by Gasteiger charge is -2.25. The quantitative estimate of drug-likeness (QED) is 0.926. The summed E-state index contributed by atoms with van der Waals surface area (Å²) in [6.45, 7) is 1.43. The van der Waals surface area contributed by atoms with Gasteiger partial charge in [0.2, 0.25) is 5.88 Å². The SMILES string of the molecule is O=C(c1sc(-c2cccc(F)c2)nc1O)N1CCCCC1. The van der Waals surface area contributed by atoms with Gasteiger partial charge in [0.15, 0.2) is 4.88 Å². The van der Waals surface area contributed by atoms with E-state index in [4.69, 9.17) is 0 Å². The zero-order valence-electron chi connectivity index (χ0n) is 11.4. The third-order valence-electron chi connectivity index (χ3n) is 3.52. The molecule has 21 heavy (non-hydrogen) atoms. The summed E-state index contributed by atoms with van der Waals surface area (Å²) in [6.07, 6.45) is 3.11. The van der Waals surface area contributed by atoms with Crippen LogP contribution in [0.4, 0.5) is 4.39 Å². The van der Waals surface area contributed by atoms with E-state index in [1.165, 1.54) is 12.1 Å². The predicted octanol–water partition coefficient (Wildman–Crippen LogP) is 3.28. The maximum atomic E-state index is 13.2. The molecule has 2 heterocycles. The Kier molecular flexibility index (Phi) is 3.88. The number of halogens is 1. The van der Waals surface area contributed by atoms with E-state index in [0.29, 0.717) is 23.7 Å². The van der Waals surface area contributed by atoms with Crippen molar-refractivity contribution in [2.75, 3.05) is 13.1 Å². The summed E-state index contributed by atoms with van der Waals surface area (Å²) in [4.78, 5) is 18.4. The number of nitrogens with zero attached hydrogens (tertiary/aromatic N) is 2. The second-order valence-corrected chi connectivity index (χ2v) is 6.03. The summed E-state index contributed by atoms with van der Waals surface area (Å²) in [6, 6.07) is 5.97. The molecule has 110 valence electrons. The highest BCUT2D eigenvalue weighted by molar-refractivity contribution is 7.17. The molecule has 1 aromatic carbocycles. The van der Waals surface area contributed by atoms with Crippen LogP contribution < -0.4 is 0 Å². The number of hydrogen-bond donors (Lipinski definition) is 1. The molecule has 0 saturated carbocycles. The molecule has 4 nitrogen and oxygen atoms in total. The van der Waals surface area contributed by atoms with E-state index in [0.717, 1.165) is 30.6 Å². The Morgan fingerprint density at radius 1 is 1.29 bits per heavy atom. The molecule has 3 rings (SSSR count). The summed E-state index contributed by atoms with van der Waals surface area (Å²) in [5, 5.41) is 10.4. The van der Waals surface area contributed by atoms with Crippen molar-refractivity contribution in [3.05, 3.63) is 35.0 Å². The number of piperidine rings is 1. The number of aromatic hydroxyl groups is 1. The summed E-state index contributed by atoms with van der Waals surface area (Å²) in [5.41, 5.74) is 0.563. The zero-order chi connectivity index (χ0) is 14.8. The van der Waals surface area contributed by atoms with E-state index in [2.05, 4.69) is 4.98 Å². The van der Waals surface area contributed by atoms with Gasteiger partial charge in [-0.2, -0.15) is 0 Å². The Hall–Kier alpha value is -1.95. The van der Waals surface area contributed by atoms with Gasteiger partial charge in [-0.15, -0.1) is 11.3 Å². The van der Waals surface area contributed by atoms with Gasteiger partial charge in [0, 0.05) is 18.7 Å². The van der Waals surface area contributed by atoms with Crippen LogP contribution in [0.1, 0.15) is 28.9 Å². The monoisotopic (exact) mass is 306 g/mol. The summed E-state index contributed by atoms with van der Waals surface area (Å²) in [5.74, 6) is -0.826. The molecule has 2 aromatic rings. The van der Waals surface area contributed by atoms with Crippen LogP contribution in [0.15, 0.2) is 24.3 Å². The fraction of sp³-hybridized carbons (Fsp3) is 0.333. The van der Waals surface area contributed by atoms with Crippen molar-refractivity contribution in [2.45, 2.75) is 19.3 Å². The molecule has 1 N–H and O–H groups in total. The first kappa shape index (κ1) is 14.0. The fourth-order valence-corrected chi connectivity index (χ4v) is 3.36. The minimum absolute atomic E-state index is 0.188. The minimum atomic E-state index is -0.369. The van der Waals surface area contributed by atoms with E-state index in [-0.39, 0.29) is 22.5 Å². The molecule has 1 aliphatic rings. The van der Waals surface area contributed by atoms with E-state index < -0.39 is 0 Å². The maximum absolute atomic E-state index is 13.2. The van der Waals surface area contributed by atoms with E-state index >= 15 is 0 Å². The smallest absolute Gasteiger partial charge is 0.269 e. The standard InChI is InChI=1S/C15H15FN2O2S/c16-11-6-4-5-10(9-11)14-17-13(19)12(21-14)15(20)18-7-2-1-3-8-18/h4-6,9,19H,1-3,7-8H2. The number of carbonyl (C=O) groups is 1. The maximum Gasteiger partial charge on any atom is 0.269 e. The average Bonchev–Trinajstić information content (AvgIpc) is 2.89. The first-order valence-electron chi connectivity index (χ1n) is 6.90. The Morgan fingerprint density at radius 2 is 2.05 bits per heavy atom. The van der Waals surface area contributed by atoms with Crippen molar-refractivity contribution >= 4 is 17.2 Å².